The molecule has 0 aliphatic heterocycles. The van der Waals surface area contributed by atoms with Crippen molar-refractivity contribution in [3.63, 3.8) is 0 Å². The van der Waals surface area contributed by atoms with Crippen molar-refractivity contribution in [3.05, 3.63) is 34.9 Å². The standard InChI is InChI=1S/C24H35N3O6/c1-14-8-9-17(15(2)10-14)21(22(30)25-13-20(29)32-7)27(18-11-16(18)3)19(28)12-26-23(31)33-24(4,5)6/h8-10,16,18,21H,11-13H2,1-7H3,(H,25,30)(H,26,31). The molecular formula is C24H35N3O6. The molecule has 0 heterocycles. The first-order valence-electron chi connectivity index (χ1n) is 11.0. The van der Waals surface area contributed by atoms with Gasteiger partial charge in [0.15, 0.2) is 0 Å². The molecule has 2 rings (SSSR count). The van der Waals surface area contributed by atoms with Crippen molar-refractivity contribution in [2.45, 2.75) is 65.6 Å². The summed E-state index contributed by atoms with van der Waals surface area (Å²) in [6, 6.07) is 4.52. The molecule has 9 heteroatoms. The zero-order valence-electron chi connectivity index (χ0n) is 20.5. The Bertz CT molecular complexity index is 908. The Morgan fingerprint density at radius 2 is 1.76 bits per heavy atom. The second-order valence-corrected chi connectivity index (χ2v) is 9.49. The molecule has 0 spiro atoms. The van der Waals surface area contributed by atoms with Crippen LogP contribution in [0.5, 0.6) is 0 Å². The van der Waals surface area contributed by atoms with Crippen LogP contribution in [-0.2, 0) is 23.9 Å². The van der Waals surface area contributed by atoms with Crippen molar-refractivity contribution in [2.75, 3.05) is 20.2 Å². The molecule has 1 aliphatic rings. The number of alkyl carbamates (subject to hydrolysis) is 1. The quantitative estimate of drug-likeness (QED) is 0.575. The van der Waals surface area contributed by atoms with Gasteiger partial charge < -0.3 is 25.0 Å². The van der Waals surface area contributed by atoms with Gasteiger partial charge in [-0.3, -0.25) is 14.4 Å². The number of amides is 3. The minimum absolute atomic E-state index is 0.160. The van der Waals surface area contributed by atoms with E-state index in [2.05, 4.69) is 15.4 Å². The van der Waals surface area contributed by atoms with Gasteiger partial charge in [0.2, 0.25) is 11.8 Å². The predicted molar refractivity (Wildman–Crippen MR) is 122 cm³/mol. The van der Waals surface area contributed by atoms with Crippen LogP contribution in [0, 0.1) is 19.8 Å². The van der Waals surface area contributed by atoms with Gasteiger partial charge in [-0.15, -0.1) is 0 Å². The fraction of sp³-hybridized carbons (Fsp3) is 0.583. The summed E-state index contributed by atoms with van der Waals surface area (Å²) in [6.45, 7) is 10.4. The van der Waals surface area contributed by atoms with E-state index in [9.17, 15) is 19.2 Å². The number of hydrogen-bond donors (Lipinski definition) is 2. The molecule has 9 nitrogen and oxygen atoms in total. The fourth-order valence-electron chi connectivity index (χ4n) is 3.64. The summed E-state index contributed by atoms with van der Waals surface area (Å²) in [7, 11) is 1.24. The first kappa shape index (κ1) is 26.2. The van der Waals surface area contributed by atoms with Crippen molar-refractivity contribution in [1.82, 2.24) is 15.5 Å². The van der Waals surface area contributed by atoms with E-state index in [0.29, 0.717) is 5.56 Å². The van der Waals surface area contributed by atoms with Gasteiger partial charge in [-0.1, -0.05) is 30.7 Å². The Labute approximate surface area is 195 Å². The molecule has 33 heavy (non-hydrogen) atoms. The van der Waals surface area contributed by atoms with Crippen LogP contribution in [0.2, 0.25) is 0 Å². The highest BCUT2D eigenvalue weighted by Crippen LogP contribution is 2.40. The molecule has 3 unspecified atom stereocenters. The van der Waals surface area contributed by atoms with Gasteiger partial charge in [0.1, 0.15) is 24.7 Å². The van der Waals surface area contributed by atoms with Gasteiger partial charge in [0, 0.05) is 6.04 Å². The van der Waals surface area contributed by atoms with E-state index in [-0.39, 0.29) is 25.0 Å². The Balaban J connectivity index is 2.34. The number of benzene rings is 1. The number of rotatable bonds is 8. The van der Waals surface area contributed by atoms with Crippen LogP contribution in [0.4, 0.5) is 4.79 Å². The molecule has 1 fully saturated rings. The molecule has 0 aromatic heterocycles. The lowest BCUT2D eigenvalue weighted by Gasteiger charge is -2.33. The van der Waals surface area contributed by atoms with Crippen molar-refractivity contribution < 1.29 is 28.7 Å². The maximum absolute atomic E-state index is 13.3. The van der Waals surface area contributed by atoms with Gasteiger partial charge in [-0.2, -0.15) is 0 Å². The van der Waals surface area contributed by atoms with E-state index >= 15 is 0 Å². The zero-order valence-corrected chi connectivity index (χ0v) is 20.5. The largest absolute Gasteiger partial charge is 0.468 e. The van der Waals surface area contributed by atoms with E-state index in [1.807, 2.05) is 39.0 Å². The molecule has 0 bridgehead atoms. The smallest absolute Gasteiger partial charge is 0.408 e. The number of nitrogens with one attached hydrogen (secondary N) is 2. The third kappa shape index (κ3) is 7.47. The summed E-state index contributed by atoms with van der Waals surface area (Å²) in [6.07, 6.45) is 0.0296. The number of hydrogen-bond acceptors (Lipinski definition) is 6. The van der Waals surface area contributed by atoms with E-state index in [4.69, 9.17) is 4.74 Å². The van der Waals surface area contributed by atoms with Crippen LogP contribution < -0.4 is 10.6 Å². The van der Waals surface area contributed by atoms with Crippen LogP contribution in [0.15, 0.2) is 18.2 Å². The zero-order chi connectivity index (χ0) is 24.9. The maximum Gasteiger partial charge on any atom is 0.408 e. The summed E-state index contributed by atoms with van der Waals surface area (Å²) in [5, 5.41) is 5.07. The average molecular weight is 462 g/mol. The second kappa shape index (κ2) is 10.7. The molecule has 3 amide bonds. The lowest BCUT2D eigenvalue weighted by Crippen LogP contribution is -2.50. The van der Waals surface area contributed by atoms with Crippen LogP contribution in [0.3, 0.4) is 0 Å². The van der Waals surface area contributed by atoms with Crippen LogP contribution >= 0.6 is 0 Å². The van der Waals surface area contributed by atoms with E-state index in [1.54, 1.807) is 20.8 Å². The topological polar surface area (TPSA) is 114 Å². The molecule has 1 aromatic rings. The van der Waals surface area contributed by atoms with Crippen LogP contribution in [0.1, 0.15) is 56.8 Å². The monoisotopic (exact) mass is 461 g/mol. The highest BCUT2D eigenvalue weighted by Gasteiger charge is 2.46. The lowest BCUT2D eigenvalue weighted by atomic mass is 9.96. The van der Waals surface area contributed by atoms with Gasteiger partial charge >= 0.3 is 12.1 Å². The summed E-state index contributed by atoms with van der Waals surface area (Å²) in [5.41, 5.74) is 1.83. The highest BCUT2D eigenvalue weighted by molar-refractivity contribution is 5.92. The van der Waals surface area contributed by atoms with Gasteiger partial charge in [-0.05, 0) is 58.1 Å². The van der Waals surface area contributed by atoms with Crippen molar-refractivity contribution >= 4 is 23.9 Å². The molecule has 1 aliphatic carbocycles. The predicted octanol–water partition coefficient (Wildman–Crippen LogP) is 2.40. The summed E-state index contributed by atoms with van der Waals surface area (Å²) < 4.78 is 9.84. The third-order valence-electron chi connectivity index (χ3n) is 5.38. The molecule has 182 valence electrons. The Morgan fingerprint density at radius 1 is 1.12 bits per heavy atom. The van der Waals surface area contributed by atoms with E-state index < -0.39 is 35.5 Å². The molecule has 0 radical (unpaired) electrons. The number of carbonyl (C=O) groups is 4. The van der Waals surface area contributed by atoms with E-state index in [1.165, 1.54) is 12.0 Å². The SMILES string of the molecule is COC(=O)CNC(=O)C(c1ccc(C)cc1C)N(C(=O)CNC(=O)OC(C)(C)C)C1CC1C. The molecule has 2 N–H and O–H groups in total. The summed E-state index contributed by atoms with van der Waals surface area (Å²) in [4.78, 5) is 51.8. The van der Waals surface area contributed by atoms with E-state index in [0.717, 1.165) is 17.5 Å². The number of carbonyl (C=O) groups excluding carboxylic acids is 4. The van der Waals surface area contributed by atoms with Gasteiger partial charge in [0.05, 0.1) is 7.11 Å². The second-order valence-electron chi connectivity index (χ2n) is 9.49. The van der Waals surface area contributed by atoms with Crippen molar-refractivity contribution in [3.8, 4) is 0 Å². The Hall–Kier alpha value is -3.10. The fourth-order valence-corrected chi connectivity index (χ4v) is 3.64. The number of aryl methyl sites for hydroxylation is 2. The first-order chi connectivity index (χ1) is 15.3. The molecular weight excluding hydrogens is 426 g/mol. The minimum Gasteiger partial charge on any atom is -0.468 e. The van der Waals surface area contributed by atoms with Crippen LogP contribution in [0.25, 0.3) is 0 Å². The first-order valence-corrected chi connectivity index (χ1v) is 11.0. The number of ether oxygens (including phenoxy) is 2. The molecule has 3 atom stereocenters. The van der Waals surface area contributed by atoms with Crippen molar-refractivity contribution in [1.29, 1.82) is 0 Å². The summed E-state index contributed by atoms with van der Waals surface area (Å²) >= 11 is 0. The number of methoxy groups -OCH3 is 1. The highest BCUT2D eigenvalue weighted by atomic mass is 16.6. The number of nitrogens with zero attached hydrogens (tertiary/aromatic N) is 1. The lowest BCUT2D eigenvalue weighted by molar-refractivity contribution is -0.144. The van der Waals surface area contributed by atoms with Gasteiger partial charge in [-0.25, -0.2) is 4.79 Å². The van der Waals surface area contributed by atoms with Gasteiger partial charge in [0.25, 0.3) is 0 Å². The number of esters is 1. The Kier molecular flexibility index (Phi) is 8.46. The third-order valence-corrected chi connectivity index (χ3v) is 5.38. The summed E-state index contributed by atoms with van der Waals surface area (Å²) in [5.74, 6) is -1.28. The average Bonchev–Trinajstić information content (AvgIpc) is 3.43. The van der Waals surface area contributed by atoms with Crippen molar-refractivity contribution in [2.24, 2.45) is 5.92 Å². The maximum atomic E-state index is 13.3. The molecule has 0 saturated heterocycles. The normalized spacial score (nSPS) is 18.0. The molecule has 1 aromatic carbocycles. The van der Waals surface area contributed by atoms with Crippen LogP contribution in [-0.4, -0.2) is 60.6 Å². The minimum atomic E-state index is -0.960. The molecule has 1 saturated carbocycles. The Morgan fingerprint density at radius 3 is 2.27 bits per heavy atom.